The molecule has 0 saturated heterocycles. The van der Waals surface area contributed by atoms with Crippen LogP contribution in [0.2, 0.25) is 0 Å². The molecular weight excluding hydrogens is 342 g/mol. The van der Waals surface area contributed by atoms with Gasteiger partial charge in [-0.15, -0.1) is 0 Å². The lowest BCUT2D eigenvalue weighted by molar-refractivity contribution is 0.0657. The third-order valence-electron chi connectivity index (χ3n) is 3.87. The first-order chi connectivity index (χ1) is 13.2. The fourth-order valence-corrected chi connectivity index (χ4v) is 2.37. The second-order valence-corrected chi connectivity index (χ2v) is 6.51. The number of benzene rings is 1. The Bertz CT molecular complexity index is 652. The smallest absolute Gasteiger partial charge is 0.191 e. The van der Waals surface area contributed by atoms with Crippen molar-refractivity contribution in [1.29, 1.82) is 0 Å². The van der Waals surface area contributed by atoms with E-state index in [1.165, 1.54) is 11.1 Å². The van der Waals surface area contributed by atoms with Crippen molar-refractivity contribution in [2.75, 3.05) is 20.2 Å². The van der Waals surface area contributed by atoms with E-state index < -0.39 is 0 Å². The Morgan fingerprint density at radius 3 is 2.52 bits per heavy atom. The van der Waals surface area contributed by atoms with E-state index in [4.69, 9.17) is 13.9 Å². The van der Waals surface area contributed by atoms with Crippen LogP contribution in [-0.2, 0) is 29.2 Å². The highest BCUT2D eigenvalue weighted by Gasteiger charge is 2.01. The molecule has 0 spiro atoms. The number of rotatable bonds is 11. The SMILES string of the molecule is CN=C(NCCCOCc1ccco1)NCc1ccc(COC(C)C)cc1. The lowest BCUT2D eigenvalue weighted by Crippen LogP contribution is -2.37. The molecular formula is C21H31N3O3. The first-order valence-corrected chi connectivity index (χ1v) is 9.41. The number of aliphatic imine (C=N–C) groups is 1. The van der Waals surface area contributed by atoms with Gasteiger partial charge in [-0.05, 0) is 43.5 Å². The van der Waals surface area contributed by atoms with Gasteiger partial charge in [0.25, 0.3) is 0 Å². The second-order valence-electron chi connectivity index (χ2n) is 6.51. The molecule has 1 aromatic heterocycles. The normalized spacial score (nSPS) is 11.8. The number of furan rings is 1. The minimum Gasteiger partial charge on any atom is -0.467 e. The predicted octanol–water partition coefficient (Wildman–Crippen LogP) is 3.48. The van der Waals surface area contributed by atoms with Crippen molar-refractivity contribution in [3.8, 4) is 0 Å². The van der Waals surface area contributed by atoms with Gasteiger partial charge < -0.3 is 24.5 Å². The summed E-state index contributed by atoms with van der Waals surface area (Å²) in [5.41, 5.74) is 2.39. The highest BCUT2D eigenvalue weighted by Crippen LogP contribution is 2.07. The maximum absolute atomic E-state index is 5.62. The fourth-order valence-electron chi connectivity index (χ4n) is 2.37. The van der Waals surface area contributed by atoms with Crippen LogP contribution in [0.15, 0.2) is 52.1 Å². The molecule has 1 aromatic carbocycles. The van der Waals surface area contributed by atoms with Crippen LogP contribution in [0.4, 0.5) is 0 Å². The standard InChI is InChI=1S/C21H31N3O3/c1-17(2)27-15-19-9-7-18(8-10-19)14-24-21(22-3)23-11-5-12-25-16-20-6-4-13-26-20/h4,6-10,13,17H,5,11-12,14-16H2,1-3H3,(H2,22,23,24). The molecule has 0 fully saturated rings. The molecule has 6 heteroatoms. The molecule has 27 heavy (non-hydrogen) atoms. The fraction of sp³-hybridized carbons (Fsp3) is 0.476. The molecule has 1 heterocycles. The molecule has 0 saturated carbocycles. The van der Waals surface area contributed by atoms with Gasteiger partial charge in [-0.25, -0.2) is 0 Å². The zero-order valence-corrected chi connectivity index (χ0v) is 16.5. The summed E-state index contributed by atoms with van der Waals surface area (Å²) in [5, 5.41) is 6.61. The van der Waals surface area contributed by atoms with E-state index in [9.17, 15) is 0 Å². The van der Waals surface area contributed by atoms with Gasteiger partial charge in [0.15, 0.2) is 5.96 Å². The molecule has 0 aliphatic carbocycles. The van der Waals surface area contributed by atoms with Crippen LogP contribution in [-0.4, -0.2) is 32.3 Å². The van der Waals surface area contributed by atoms with E-state index in [-0.39, 0.29) is 6.10 Å². The van der Waals surface area contributed by atoms with Crippen LogP contribution in [0.25, 0.3) is 0 Å². The van der Waals surface area contributed by atoms with Gasteiger partial charge >= 0.3 is 0 Å². The average Bonchev–Trinajstić information content (AvgIpc) is 3.19. The van der Waals surface area contributed by atoms with Gasteiger partial charge in [0.1, 0.15) is 12.4 Å². The Morgan fingerprint density at radius 1 is 1.07 bits per heavy atom. The number of nitrogens with one attached hydrogen (secondary N) is 2. The number of guanidine groups is 1. The molecule has 148 valence electrons. The number of nitrogens with zero attached hydrogens (tertiary/aromatic N) is 1. The third kappa shape index (κ3) is 8.75. The van der Waals surface area contributed by atoms with Crippen molar-refractivity contribution < 1.29 is 13.9 Å². The van der Waals surface area contributed by atoms with Crippen molar-refractivity contribution in [2.45, 2.75) is 46.1 Å². The van der Waals surface area contributed by atoms with Crippen LogP contribution in [0.3, 0.4) is 0 Å². The van der Waals surface area contributed by atoms with Crippen LogP contribution >= 0.6 is 0 Å². The molecule has 0 amide bonds. The lowest BCUT2D eigenvalue weighted by atomic mass is 10.1. The van der Waals surface area contributed by atoms with Crippen molar-refractivity contribution in [3.05, 3.63) is 59.5 Å². The monoisotopic (exact) mass is 373 g/mol. The zero-order chi connectivity index (χ0) is 19.3. The number of hydrogen-bond acceptors (Lipinski definition) is 4. The molecule has 2 N–H and O–H groups in total. The Hall–Kier alpha value is -2.31. The maximum Gasteiger partial charge on any atom is 0.191 e. The Kier molecular flexibility index (Phi) is 9.44. The third-order valence-corrected chi connectivity index (χ3v) is 3.87. The summed E-state index contributed by atoms with van der Waals surface area (Å²) in [5.74, 6) is 1.63. The van der Waals surface area contributed by atoms with Crippen molar-refractivity contribution >= 4 is 5.96 Å². The highest BCUT2D eigenvalue weighted by atomic mass is 16.5. The number of hydrogen-bond donors (Lipinski definition) is 2. The first-order valence-electron chi connectivity index (χ1n) is 9.41. The van der Waals surface area contributed by atoms with Crippen molar-refractivity contribution in [3.63, 3.8) is 0 Å². The second kappa shape index (κ2) is 12.1. The van der Waals surface area contributed by atoms with E-state index in [2.05, 4.69) is 39.9 Å². The highest BCUT2D eigenvalue weighted by molar-refractivity contribution is 5.79. The largest absolute Gasteiger partial charge is 0.467 e. The van der Waals surface area contributed by atoms with Gasteiger partial charge in [-0.1, -0.05) is 24.3 Å². The molecule has 2 aromatic rings. The van der Waals surface area contributed by atoms with Crippen molar-refractivity contribution in [1.82, 2.24) is 10.6 Å². The number of ether oxygens (including phenoxy) is 2. The zero-order valence-electron chi connectivity index (χ0n) is 16.5. The van der Waals surface area contributed by atoms with Gasteiger partial charge in [-0.2, -0.15) is 0 Å². The molecule has 0 radical (unpaired) electrons. The van der Waals surface area contributed by atoms with Gasteiger partial charge in [0.2, 0.25) is 0 Å². The Balaban J connectivity index is 1.59. The van der Waals surface area contributed by atoms with Gasteiger partial charge in [0, 0.05) is 26.7 Å². The summed E-state index contributed by atoms with van der Waals surface area (Å²) in [4.78, 5) is 4.25. The molecule has 0 atom stereocenters. The van der Waals surface area contributed by atoms with Crippen LogP contribution in [0, 0.1) is 0 Å². The summed E-state index contributed by atoms with van der Waals surface area (Å²) >= 11 is 0. The predicted molar refractivity (Wildman–Crippen MR) is 108 cm³/mol. The first kappa shape index (κ1) is 21.0. The molecule has 0 aliphatic heterocycles. The molecule has 0 unspecified atom stereocenters. The molecule has 2 rings (SSSR count). The maximum atomic E-state index is 5.62. The van der Waals surface area contributed by atoms with E-state index >= 15 is 0 Å². The average molecular weight is 373 g/mol. The van der Waals surface area contributed by atoms with Gasteiger partial charge in [0.05, 0.1) is 19.0 Å². The van der Waals surface area contributed by atoms with E-state index in [1.807, 2.05) is 26.0 Å². The summed E-state index contributed by atoms with van der Waals surface area (Å²) in [6, 6.07) is 12.2. The van der Waals surface area contributed by atoms with Crippen molar-refractivity contribution in [2.24, 2.45) is 4.99 Å². The van der Waals surface area contributed by atoms with Crippen LogP contribution < -0.4 is 10.6 Å². The topological polar surface area (TPSA) is 68.0 Å². The van der Waals surface area contributed by atoms with Gasteiger partial charge in [-0.3, -0.25) is 4.99 Å². The Morgan fingerprint density at radius 2 is 1.85 bits per heavy atom. The molecule has 6 nitrogen and oxygen atoms in total. The minimum absolute atomic E-state index is 0.247. The quantitative estimate of drug-likeness (QED) is 0.359. The van der Waals surface area contributed by atoms with E-state index in [1.54, 1.807) is 13.3 Å². The Labute approximate surface area is 162 Å². The summed E-state index contributed by atoms with van der Waals surface area (Å²) in [6.45, 7) is 7.44. The summed E-state index contributed by atoms with van der Waals surface area (Å²) in [7, 11) is 1.77. The minimum atomic E-state index is 0.247. The van der Waals surface area contributed by atoms with E-state index in [0.29, 0.717) is 19.8 Å². The summed E-state index contributed by atoms with van der Waals surface area (Å²) < 4.78 is 16.4. The van der Waals surface area contributed by atoms with Crippen LogP contribution in [0.1, 0.15) is 37.2 Å². The molecule has 0 bridgehead atoms. The molecule has 0 aliphatic rings. The van der Waals surface area contributed by atoms with E-state index in [0.717, 1.165) is 31.2 Å². The lowest BCUT2D eigenvalue weighted by Gasteiger charge is -2.12. The van der Waals surface area contributed by atoms with Crippen LogP contribution in [0.5, 0.6) is 0 Å². The summed E-state index contributed by atoms with van der Waals surface area (Å²) in [6.07, 6.45) is 2.80.